The van der Waals surface area contributed by atoms with E-state index in [1.807, 2.05) is 24.3 Å². The molecule has 7 heteroatoms. The molecule has 6 nitrogen and oxygen atoms in total. The van der Waals surface area contributed by atoms with Gasteiger partial charge in [-0.2, -0.15) is 8.42 Å². The topological polar surface area (TPSA) is 71.1 Å². The molecule has 0 saturated carbocycles. The van der Waals surface area contributed by atoms with Crippen molar-refractivity contribution in [1.29, 1.82) is 0 Å². The van der Waals surface area contributed by atoms with E-state index in [0.29, 0.717) is 26.4 Å². The molecular weight excluding hydrogens is 404 g/mol. The van der Waals surface area contributed by atoms with Crippen molar-refractivity contribution in [2.45, 2.75) is 13.3 Å². The van der Waals surface area contributed by atoms with Crippen LogP contribution in [0.3, 0.4) is 0 Å². The summed E-state index contributed by atoms with van der Waals surface area (Å²) in [5.41, 5.74) is 3.62. The fourth-order valence-corrected chi connectivity index (χ4v) is 2.89. The third kappa shape index (κ3) is 10.5. The maximum atomic E-state index is 10.8. The molecule has 0 fully saturated rings. The van der Waals surface area contributed by atoms with Gasteiger partial charge in [0, 0.05) is 0 Å². The summed E-state index contributed by atoms with van der Waals surface area (Å²) in [6.45, 7) is 4.03. The van der Waals surface area contributed by atoms with Gasteiger partial charge < -0.3 is 14.2 Å². The second kappa shape index (κ2) is 13.2. The molecule has 2 rings (SSSR count). The maximum absolute atomic E-state index is 10.8. The molecule has 0 saturated heterocycles. The van der Waals surface area contributed by atoms with Gasteiger partial charge in [0.1, 0.15) is 12.4 Å². The van der Waals surface area contributed by atoms with Crippen LogP contribution < -0.4 is 4.74 Å². The van der Waals surface area contributed by atoms with E-state index in [0.717, 1.165) is 24.0 Å². The Bertz CT molecular complexity index is 858. The van der Waals surface area contributed by atoms with E-state index in [4.69, 9.17) is 14.2 Å². The van der Waals surface area contributed by atoms with Crippen LogP contribution in [0, 0.1) is 0 Å². The molecule has 0 aliphatic carbocycles. The number of benzene rings is 2. The summed E-state index contributed by atoms with van der Waals surface area (Å²) in [4.78, 5) is 0. The monoisotopic (exact) mass is 434 g/mol. The van der Waals surface area contributed by atoms with Gasteiger partial charge in [0.15, 0.2) is 0 Å². The van der Waals surface area contributed by atoms with Crippen molar-refractivity contribution in [2.75, 3.05) is 45.9 Å². The third-order valence-electron chi connectivity index (χ3n) is 4.13. The first-order valence-corrected chi connectivity index (χ1v) is 11.8. The Morgan fingerprint density at radius 2 is 1.23 bits per heavy atom. The predicted molar refractivity (Wildman–Crippen MR) is 119 cm³/mol. The van der Waals surface area contributed by atoms with Crippen LogP contribution in [-0.4, -0.2) is 54.3 Å². The standard InChI is InChI=1S/C23H30O6S/c1-3-20-4-6-21(7-5-20)8-9-22-10-12-23(13-11-22)28-18-16-26-14-15-27-17-19-29-30(2,24)25/h4-13H,3,14-19H2,1-2H3/b9-8+. The average molecular weight is 435 g/mol. The molecule has 0 amide bonds. The van der Waals surface area contributed by atoms with Gasteiger partial charge in [-0.25, -0.2) is 0 Å². The van der Waals surface area contributed by atoms with Gasteiger partial charge in [-0.3, -0.25) is 4.18 Å². The van der Waals surface area contributed by atoms with Gasteiger partial charge in [0.05, 0.1) is 39.3 Å². The lowest BCUT2D eigenvalue weighted by Gasteiger charge is -2.08. The highest BCUT2D eigenvalue weighted by atomic mass is 32.2. The molecule has 0 N–H and O–H groups in total. The summed E-state index contributed by atoms with van der Waals surface area (Å²) in [6, 6.07) is 16.5. The lowest BCUT2D eigenvalue weighted by molar-refractivity contribution is 0.0280. The molecule has 0 heterocycles. The maximum Gasteiger partial charge on any atom is 0.264 e. The van der Waals surface area contributed by atoms with Crippen molar-refractivity contribution in [2.24, 2.45) is 0 Å². The zero-order chi connectivity index (χ0) is 21.7. The van der Waals surface area contributed by atoms with Crippen LogP contribution >= 0.6 is 0 Å². The first-order valence-electron chi connectivity index (χ1n) is 9.96. The minimum absolute atomic E-state index is 0.0122. The van der Waals surface area contributed by atoms with Gasteiger partial charge in [0.2, 0.25) is 0 Å². The third-order valence-corrected chi connectivity index (χ3v) is 4.72. The second-order valence-electron chi connectivity index (χ2n) is 6.60. The fourth-order valence-electron chi connectivity index (χ4n) is 2.52. The summed E-state index contributed by atoms with van der Waals surface area (Å²) in [7, 11) is -3.41. The van der Waals surface area contributed by atoms with Crippen molar-refractivity contribution in [1.82, 2.24) is 0 Å². The van der Waals surface area contributed by atoms with Gasteiger partial charge in [-0.1, -0.05) is 55.5 Å². The number of aryl methyl sites for hydroxylation is 1. The molecule has 0 aliphatic rings. The van der Waals surface area contributed by atoms with Gasteiger partial charge in [0.25, 0.3) is 10.1 Å². The Labute approximate surface area is 179 Å². The van der Waals surface area contributed by atoms with Crippen molar-refractivity contribution in [3.63, 3.8) is 0 Å². The average Bonchev–Trinajstić information content (AvgIpc) is 2.74. The molecule has 0 aliphatic heterocycles. The lowest BCUT2D eigenvalue weighted by Crippen LogP contribution is -2.14. The second-order valence-corrected chi connectivity index (χ2v) is 8.24. The Morgan fingerprint density at radius 1 is 0.733 bits per heavy atom. The zero-order valence-electron chi connectivity index (χ0n) is 17.6. The van der Waals surface area contributed by atoms with Gasteiger partial charge in [-0.15, -0.1) is 0 Å². The molecule has 0 bridgehead atoms. The number of hydrogen-bond donors (Lipinski definition) is 0. The molecule has 2 aromatic rings. The summed E-state index contributed by atoms with van der Waals surface area (Å²) in [5.74, 6) is 0.789. The first kappa shape index (κ1) is 24.1. The molecule has 0 radical (unpaired) electrons. The summed E-state index contributed by atoms with van der Waals surface area (Å²) in [6.07, 6.45) is 6.23. The van der Waals surface area contributed by atoms with E-state index in [-0.39, 0.29) is 13.2 Å². The Kier molecular flexibility index (Phi) is 10.6. The summed E-state index contributed by atoms with van der Waals surface area (Å²) < 4.78 is 42.4. The molecule has 164 valence electrons. The van der Waals surface area contributed by atoms with Gasteiger partial charge in [-0.05, 0) is 35.2 Å². The highest BCUT2D eigenvalue weighted by Gasteiger charge is 2.00. The van der Waals surface area contributed by atoms with Crippen molar-refractivity contribution in [3.8, 4) is 5.75 Å². The van der Waals surface area contributed by atoms with E-state index in [9.17, 15) is 8.42 Å². The molecule has 30 heavy (non-hydrogen) atoms. The quantitative estimate of drug-likeness (QED) is 0.256. The highest BCUT2D eigenvalue weighted by molar-refractivity contribution is 7.85. The molecule has 2 aromatic carbocycles. The normalized spacial score (nSPS) is 11.8. The van der Waals surface area contributed by atoms with E-state index in [2.05, 4.69) is 47.5 Å². The lowest BCUT2D eigenvalue weighted by atomic mass is 10.1. The zero-order valence-corrected chi connectivity index (χ0v) is 18.4. The van der Waals surface area contributed by atoms with E-state index >= 15 is 0 Å². The predicted octanol–water partition coefficient (Wildman–Crippen LogP) is 3.81. The Hall–Kier alpha value is -2.19. The van der Waals surface area contributed by atoms with Crippen LogP contribution in [0.15, 0.2) is 48.5 Å². The number of rotatable bonds is 14. The van der Waals surface area contributed by atoms with E-state index < -0.39 is 10.1 Å². The number of hydrogen-bond acceptors (Lipinski definition) is 6. The molecular formula is C23H30O6S. The van der Waals surface area contributed by atoms with Crippen LogP contribution in [0.4, 0.5) is 0 Å². The fraction of sp³-hybridized carbons (Fsp3) is 0.391. The summed E-state index contributed by atoms with van der Waals surface area (Å²) >= 11 is 0. The number of ether oxygens (including phenoxy) is 3. The molecule has 0 spiro atoms. The smallest absolute Gasteiger partial charge is 0.264 e. The minimum atomic E-state index is -3.41. The Balaban J connectivity index is 1.57. The van der Waals surface area contributed by atoms with Crippen LogP contribution in [0.25, 0.3) is 12.2 Å². The van der Waals surface area contributed by atoms with E-state index in [1.165, 1.54) is 11.1 Å². The first-order chi connectivity index (χ1) is 14.5. The SMILES string of the molecule is CCc1ccc(/C=C/c2ccc(OCCOCCOCCOS(C)(=O)=O)cc2)cc1. The van der Waals surface area contributed by atoms with Crippen LogP contribution in [0.2, 0.25) is 0 Å². The van der Waals surface area contributed by atoms with Crippen LogP contribution in [0.1, 0.15) is 23.6 Å². The van der Waals surface area contributed by atoms with Crippen molar-refractivity contribution < 1.29 is 26.8 Å². The highest BCUT2D eigenvalue weighted by Crippen LogP contribution is 2.15. The van der Waals surface area contributed by atoms with Crippen molar-refractivity contribution >= 4 is 22.3 Å². The Morgan fingerprint density at radius 3 is 1.77 bits per heavy atom. The minimum Gasteiger partial charge on any atom is -0.491 e. The van der Waals surface area contributed by atoms with Crippen molar-refractivity contribution in [3.05, 3.63) is 65.2 Å². The summed E-state index contributed by atoms with van der Waals surface area (Å²) in [5, 5.41) is 0. The van der Waals surface area contributed by atoms with Crippen LogP contribution in [0.5, 0.6) is 5.75 Å². The van der Waals surface area contributed by atoms with Crippen LogP contribution in [-0.2, 0) is 30.2 Å². The van der Waals surface area contributed by atoms with E-state index in [1.54, 1.807) is 0 Å². The largest absolute Gasteiger partial charge is 0.491 e. The molecule has 0 atom stereocenters. The molecule has 0 aromatic heterocycles. The molecule has 0 unspecified atom stereocenters. The van der Waals surface area contributed by atoms with Gasteiger partial charge >= 0.3 is 0 Å².